The molecule has 4 saturated carbocycles. The first-order valence-corrected chi connectivity index (χ1v) is 6.88. The Labute approximate surface area is 103 Å². The van der Waals surface area contributed by atoms with Crippen molar-refractivity contribution in [2.24, 2.45) is 23.7 Å². The lowest BCUT2D eigenvalue weighted by Gasteiger charge is -2.60. The van der Waals surface area contributed by atoms with Crippen molar-refractivity contribution in [3.05, 3.63) is 12.2 Å². The monoisotopic (exact) mass is 234 g/mol. The molecule has 0 spiro atoms. The molecule has 2 heteroatoms. The molecular weight excluding hydrogens is 212 g/mol. The second-order valence-corrected chi connectivity index (χ2v) is 6.47. The third kappa shape index (κ3) is 1.49. The molecule has 0 radical (unpaired) electrons. The largest absolute Gasteiger partial charge is 0.454 e. The zero-order chi connectivity index (χ0) is 12.2. The lowest BCUT2D eigenvalue weighted by molar-refractivity contribution is -0.194. The fourth-order valence-corrected chi connectivity index (χ4v) is 5.07. The summed E-state index contributed by atoms with van der Waals surface area (Å²) < 4.78 is 5.84. The molecule has 2 nitrogen and oxygen atoms in total. The van der Waals surface area contributed by atoms with Crippen molar-refractivity contribution in [3.63, 3.8) is 0 Å². The van der Waals surface area contributed by atoms with Gasteiger partial charge in [-0.15, -0.1) is 0 Å². The van der Waals surface area contributed by atoms with Crippen molar-refractivity contribution in [3.8, 4) is 0 Å². The summed E-state index contributed by atoms with van der Waals surface area (Å²) in [5.74, 6) is 2.72. The van der Waals surface area contributed by atoms with E-state index in [9.17, 15) is 4.79 Å². The number of ether oxygens (including phenoxy) is 1. The zero-order valence-corrected chi connectivity index (χ0v) is 10.9. The van der Waals surface area contributed by atoms with Gasteiger partial charge in [0.2, 0.25) is 0 Å². The van der Waals surface area contributed by atoms with Crippen LogP contribution in [0.4, 0.5) is 0 Å². The first-order valence-electron chi connectivity index (χ1n) is 6.88. The first kappa shape index (κ1) is 11.3. The van der Waals surface area contributed by atoms with Crippen LogP contribution in [-0.2, 0) is 9.53 Å². The standard InChI is InChI=1S/C15H22O2/c1-9(2)15(17-10(3)16)13-5-11-4-12(7-13)8-14(15)6-11/h11-14H,1,4-8H2,2-3H3. The van der Waals surface area contributed by atoms with Crippen molar-refractivity contribution in [1.29, 1.82) is 0 Å². The number of carbonyl (C=O) groups excluding carboxylic acids is 1. The van der Waals surface area contributed by atoms with E-state index >= 15 is 0 Å². The van der Waals surface area contributed by atoms with Crippen LogP contribution in [0, 0.1) is 23.7 Å². The highest BCUT2D eigenvalue weighted by Gasteiger charge is 2.59. The Balaban J connectivity index is 1.98. The zero-order valence-electron chi connectivity index (χ0n) is 10.9. The number of carbonyl (C=O) groups is 1. The van der Waals surface area contributed by atoms with Crippen molar-refractivity contribution in [1.82, 2.24) is 0 Å². The van der Waals surface area contributed by atoms with Gasteiger partial charge in [0.25, 0.3) is 0 Å². The Morgan fingerprint density at radius 2 is 1.53 bits per heavy atom. The molecule has 0 aromatic heterocycles. The Bertz CT molecular complexity index is 341. The normalized spacial score (nSPS) is 46.9. The van der Waals surface area contributed by atoms with Crippen LogP contribution in [0.1, 0.15) is 46.0 Å². The van der Waals surface area contributed by atoms with Gasteiger partial charge in [0.05, 0.1) is 0 Å². The van der Waals surface area contributed by atoms with Crippen LogP contribution >= 0.6 is 0 Å². The van der Waals surface area contributed by atoms with Gasteiger partial charge in [-0.1, -0.05) is 6.58 Å². The number of hydrogen-bond acceptors (Lipinski definition) is 2. The Morgan fingerprint density at radius 1 is 1.06 bits per heavy atom. The van der Waals surface area contributed by atoms with Gasteiger partial charge in [0.15, 0.2) is 0 Å². The second-order valence-electron chi connectivity index (χ2n) is 6.47. The van der Waals surface area contributed by atoms with Crippen molar-refractivity contribution in [2.45, 2.75) is 51.6 Å². The maximum Gasteiger partial charge on any atom is 0.303 e. The molecule has 4 aliphatic carbocycles. The highest BCUT2D eigenvalue weighted by molar-refractivity contribution is 5.67. The van der Waals surface area contributed by atoms with Crippen molar-refractivity contribution < 1.29 is 9.53 Å². The molecule has 0 aliphatic heterocycles. The molecule has 0 saturated heterocycles. The molecule has 0 aromatic carbocycles. The van der Waals surface area contributed by atoms with Gasteiger partial charge in [0.1, 0.15) is 5.60 Å². The first-order chi connectivity index (χ1) is 8.02. The van der Waals surface area contributed by atoms with Crippen LogP contribution < -0.4 is 0 Å². The summed E-state index contributed by atoms with van der Waals surface area (Å²) in [6, 6.07) is 0. The summed E-state index contributed by atoms with van der Waals surface area (Å²) in [6.45, 7) is 7.73. The summed E-state index contributed by atoms with van der Waals surface area (Å²) in [4.78, 5) is 11.5. The predicted octanol–water partition coefficient (Wildman–Crippen LogP) is 3.32. The van der Waals surface area contributed by atoms with Crippen molar-refractivity contribution in [2.75, 3.05) is 0 Å². The fourth-order valence-electron chi connectivity index (χ4n) is 5.07. The molecule has 0 amide bonds. The van der Waals surface area contributed by atoms with Gasteiger partial charge in [-0.05, 0) is 56.4 Å². The minimum absolute atomic E-state index is 0.138. The topological polar surface area (TPSA) is 26.3 Å². The molecule has 0 N–H and O–H groups in total. The van der Waals surface area contributed by atoms with E-state index < -0.39 is 0 Å². The summed E-state index contributed by atoms with van der Waals surface area (Å²) in [7, 11) is 0. The van der Waals surface area contributed by atoms with Gasteiger partial charge in [-0.2, -0.15) is 0 Å². The maximum absolute atomic E-state index is 11.5. The molecule has 4 fully saturated rings. The van der Waals surface area contributed by atoms with Crippen molar-refractivity contribution >= 4 is 5.97 Å². The summed E-state index contributed by atoms with van der Waals surface area (Å²) in [5.41, 5.74) is 0.751. The molecule has 0 aromatic rings. The minimum Gasteiger partial charge on any atom is -0.454 e. The van der Waals surface area contributed by atoms with Crippen LogP contribution in [0.3, 0.4) is 0 Å². The lowest BCUT2D eigenvalue weighted by atomic mass is 9.48. The number of rotatable bonds is 2. The SMILES string of the molecule is C=C(C)C1(OC(C)=O)C2CC3CC(C2)CC1C3. The number of hydrogen-bond donors (Lipinski definition) is 0. The third-order valence-electron chi connectivity index (χ3n) is 5.33. The second kappa shape index (κ2) is 3.60. The van der Waals surface area contributed by atoms with Crippen LogP contribution in [0.5, 0.6) is 0 Å². The Morgan fingerprint density at radius 3 is 1.88 bits per heavy atom. The molecule has 4 rings (SSSR count). The fraction of sp³-hybridized carbons (Fsp3) is 0.800. The summed E-state index contributed by atoms with van der Waals surface area (Å²) >= 11 is 0. The highest BCUT2D eigenvalue weighted by Crippen LogP contribution is 2.61. The van der Waals surface area contributed by atoms with Gasteiger partial charge in [-0.3, -0.25) is 4.79 Å². The van der Waals surface area contributed by atoms with E-state index in [4.69, 9.17) is 4.74 Å². The molecule has 94 valence electrons. The summed E-state index contributed by atoms with van der Waals surface area (Å²) in [5, 5.41) is 0. The van der Waals surface area contributed by atoms with E-state index in [0.29, 0.717) is 11.8 Å². The molecule has 0 heterocycles. The van der Waals surface area contributed by atoms with Crippen LogP contribution in [-0.4, -0.2) is 11.6 Å². The highest BCUT2D eigenvalue weighted by atomic mass is 16.6. The van der Waals surface area contributed by atoms with E-state index in [2.05, 4.69) is 6.58 Å². The maximum atomic E-state index is 11.5. The van der Waals surface area contributed by atoms with Gasteiger partial charge in [0, 0.05) is 18.8 Å². The molecule has 0 unspecified atom stereocenters. The minimum atomic E-state index is -0.320. The van der Waals surface area contributed by atoms with Gasteiger partial charge in [-0.25, -0.2) is 0 Å². The van der Waals surface area contributed by atoms with Crippen LogP contribution in [0.2, 0.25) is 0 Å². The molecule has 0 atom stereocenters. The number of esters is 1. The Kier molecular flexibility index (Phi) is 2.39. The third-order valence-corrected chi connectivity index (χ3v) is 5.33. The molecule has 4 bridgehead atoms. The quantitative estimate of drug-likeness (QED) is 0.541. The van der Waals surface area contributed by atoms with Crippen LogP contribution in [0.15, 0.2) is 12.2 Å². The predicted molar refractivity (Wildman–Crippen MR) is 66.4 cm³/mol. The molecule has 4 aliphatic rings. The van der Waals surface area contributed by atoms with Crippen LogP contribution in [0.25, 0.3) is 0 Å². The average molecular weight is 234 g/mol. The average Bonchev–Trinajstić information content (AvgIpc) is 2.21. The van der Waals surface area contributed by atoms with E-state index in [1.165, 1.54) is 39.0 Å². The van der Waals surface area contributed by atoms with E-state index in [1.807, 2.05) is 6.92 Å². The van der Waals surface area contributed by atoms with Gasteiger partial charge >= 0.3 is 5.97 Å². The van der Waals surface area contributed by atoms with E-state index in [-0.39, 0.29) is 11.6 Å². The lowest BCUT2D eigenvalue weighted by Crippen LogP contribution is -2.60. The summed E-state index contributed by atoms with van der Waals surface area (Å²) in [6.07, 6.45) is 6.39. The van der Waals surface area contributed by atoms with E-state index in [1.54, 1.807) is 0 Å². The molecule has 17 heavy (non-hydrogen) atoms. The van der Waals surface area contributed by atoms with Gasteiger partial charge < -0.3 is 4.74 Å². The van der Waals surface area contributed by atoms with E-state index in [0.717, 1.165) is 17.4 Å². The smallest absolute Gasteiger partial charge is 0.303 e. The Hall–Kier alpha value is -0.790. The molecular formula is C15H22O2.